The molecule has 1 rings (SSSR count). The first-order valence-corrected chi connectivity index (χ1v) is 6.86. The van der Waals surface area contributed by atoms with Crippen LogP contribution in [-0.2, 0) is 10.7 Å². The van der Waals surface area contributed by atoms with E-state index in [4.69, 9.17) is 16.7 Å². The summed E-state index contributed by atoms with van der Waals surface area (Å²) in [6, 6.07) is 1.24. The van der Waals surface area contributed by atoms with Crippen molar-refractivity contribution in [3.63, 3.8) is 0 Å². The number of carboxylic acids is 1. The van der Waals surface area contributed by atoms with Gasteiger partial charge in [-0.2, -0.15) is 0 Å². The first-order valence-electron chi connectivity index (χ1n) is 4.88. The number of hydrogen-bond donors (Lipinski definition) is 1. The van der Waals surface area contributed by atoms with Crippen LogP contribution in [0.15, 0.2) is 9.85 Å². The minimum atomic E-state index is -2.95. The predicted octanol–water partition coefficient (Wildman–Crippen LogP) is 4.90. The zero-order valence-corrected chi connectivity index (χ0v) is 11.8. The summed E-state index contributed by atoms with van der Waals surface area (Å²) < 4.78 is 27.8. The number of hydrogen-bond acceptors (Lipinski definition) is 2. The van der Waals surface area contributed by atoms with Gasteiger partial charge in [-0.15, -0.1) is 11.3 Å². The molecule has 0 saturated carbocycles. The number of halogens is 4. The number of unbranched alkanes of at least 4 members (excludes halogenated alkanes) is 1. The average Bonchev–Trinajstić information content (AvgIpc) is 2.55. The van der Waals surface area contributed by atoms with E-state index in [0.29, 0.717) is 3.79 Å². The molecule has 0 bridgehead atoms. The van der Waals surface area contributed by atoms with E-state index in [1.165, 1.54) is 6.07 Å². The van der Waals surface area contributed by atoms with Crippen molar-refractivity contribution in [2.75, 3.05) is 0 Å². The van der Waals surface area contributed by atoms with E-state index in [9.17, 15) is 13.6 Å². The summed E-state index contributed by atoms with van der Waals surface area (Å²) in [5, 5.41) is 8.66. The van der Waals surface area contributed by atoms with Gasteiger partial charge in [-0.05, 0) is 34.8 Å². The fourth-order valence-corrected chi connectivity index (χ4v) is 2.98. The predicted molar refractivity (Wildman–Crippen MR) is 67.0 cm³/mol. The number of rotatable bonds is 6. The zero-order chi connectivity index (χ0) is 13.1. The molecule has 0 aliphatic carbocycles. The van der Waals surface area contributed by atoms with E-state index in [1.54, 1.807) is 0 Å². The summed E-state index contributed by atoms with van der Waals surface area (Å²) >= 11 is 9.68. The van der Waals surface area contributed by atoms with Gasteiger partial charge in [0.2, 0.25) is 0 Å². The Morgan fingerprint density at radius 2 is 2.18 bits per heavy atom. The van der Waals surface area contributed by atoms with Crippen molar-refractivity contribution in [3.8, 4) is 0 Å². The maximum Gasteiger partial charge on any atom is 0.303 e. The van der Waals surface area contributed by atoms with Crippen LogP contribution < -0.4 is 0 Å². The second-order valence-corrected chi connectivity index (χ2v) is 6.31. The lowest BCUT2D eigenvalue weighted by atomic mass is 10.1. The lowest BCUT2D eigenvalue weighted by Gasteiger charge is -2.13. The van der Waals surface area contributed by atoms with Gasteiger partial charge in [0.1, 0.15) is 0 Å². The molecule has 0 radical (unpaired) electrons. The van der Waals surface area contributed by atoms with Crippen molar-refractivity contribution >= 4 is 44.8 Å². The third kappa shape index (κ3) is 4.52. The molecule has 0 atom stereocenters. The van der Waals surface area contributed by atoms with Crippen LogP contribution in [0.5, 0.6) is 0 Å². The Hall–Kier alpha value is -0.200. The number of carboxylic acid groups (broad SMARTS) is 1. The highest BCUT2D eigenvalue weighted by Crippen LogP contribution is 2.42. The minimum Gasteiger partial charge on any atom is -0.481 e. The van der Waals surface area contributed by atoms with Crippen molar-refractivity contribution in [1.82, 2.24) is 0 Å². The number of alkyl halides is 2. The normalized spacial score (nSPS) is 11.8. The van der Waals surface area contributed by atoms with Gasteiger partial charge >= 0.3 is 5.97 Å². The molecule has 0 aliphatic rings. The Bertz CT molecular complexity index is 390. The van der Waals surface area contributed by atoms with E-state index in [2.05, 4.69) is 15.9 Å². The van der Waals surface area contributed by atoms with Crippen molar-refractivity contribution in [2.45, 2.75) is 31.6 Å². The summed E-state index contributed by atoms with van der Waals surface area (Å²) in [6.45, 7) is 0. The summed E-state index contributed by atoms with van der Waals surface area (Å²) in [5.41, 5.74) is 0. The molecule has 0 fully saturated rings. The third-order valence-corrected chi connectivity index (χ3v) is 4.72. The molecular weight excluding hydrogens is 338 g/mol. The van der Waals surface area contributed by atoms with E-state index >= 15 is 0 Å². The van der Waals surface area contributed by atoms with Crippen LogP contribution in [0.1, 0.15) is 30.6 Å². The van der Waals surface area contributed by atoms with Gasteiger partial charge in [0.05, 0.1) is 13.7 Å². The molecular formula is C10H10BrClF2O2S. The molecule has 0 spiro atoms. The smallest absolute Gasteiger partial charge is 0.303 e. The van der Waals surface area contributed by atoms with Gasteiger partial charge in [-0.3, -0.25) is 4.79 Å². The highest BCUT2D eigenvalue weighted by atomic mass is 79.9. The molecule has 1 aromatic rings. The maximum atomic E-state index is 13.7. The Balaban J connectivity index is 2.53. The van der Waals surface area contributed by atoms with Gasteiger partial charge in [-0.25, -0.2) is 8.78 Å². The Kier molecular flexibility index (Phi) is 5.34. The van der Waals surface area contributed by atoms with Crippen LogP contribution in [0.3, 0.4) is 0 Å². The van der Waals surface area contributed by atoms with Gasteiger partial charge in [0.25, 0.3) is 5.92 Å². The molecule has 0 unspecified atom stereocenters. The second-order valence-electron chi connectivity index (χ2n) is 3.54. The van der Waals surface area contributed by atoms with Crippen LogP contribution in [0, 0.1) is 0 Å². The van der Waals surface area contributed by atoms with E-state index in [1.807, 2.05) is 0 Å². The number of carbonyl (C=O) groups is 1. The molecule has 7 heteroatoms. The van der Waals surface area contributed by atoms with Crippen LogP contribution in [0.25, 0.3) is 0 Å². The monoisotopic (exact) mass is 346 g/mol. The fraction of sp³-hybridized carbons (Fsp3) is 0.500. The molecule has 0 saturated heterocycles. The summed E-state index contributed by atoms with van der Waals surface area (Å²) in [6.07, 6.45) is -0.00777. The van der Waals surface area contributed by atoms with Gasteiger partial charge in [0, 0.05) is 12.8 Å². The highest BCUT2D eigenvalue weighted by Gasteiger charge is 2.33. The minimum absolute atomic E-state index is 0.0784. The first kappa shape index (κ1) is 14.9. The van der Waals surface area contributed by atoms with Gasteiger partial charge in [0.15, 0.2) is 0 Å². The standard InChI is InChI=1S/C10H10BrClF2O2S/c11-9-6(12)5-7(17-9)10(13,14)4-2-1-3-8(15)16/h5H,1-4H2,(H,15,16). The lowest BCUT2D eigenvalue weighted by molar-refractivity contribution is -0.137. The molecule has 0 amide bonds. The average molecular weight is 348 g/mol. The molecule has 1 N–H and O–H groups in total. The van der Waals surface area contributed by atoms with Crippen molar-refractivity contribution < 1.29 is 18.7 Å². The summed E-state index contributed by atoms with van der Waals surface area (Å²) in [5.74, 6) is -3.91. The molecule has 17 heavy (non-hydrogen) atoms. The third-order valence-electron chi connectivity index (χ3n) is 2.14. The Morgan fingerprint density at radius 3 is 2.65 bits per heavy atom. The van der Waals surface area contributed by atoms with Crippen molar-refractivity contribution in [2.24, 2.45) is 0 Å². The lowest BCUT2D eigenvalue weighted by Crippen LogP contribution is -2.11. The molecule has 0 aliphatic heterocycles. The van der Waals surface area contributed by atoms with E-state index in [-0.39, 0.29) is 35.6 Å². The van der Waals surface area contributed by atoms with E-state index < -0.39 is 11.9 Å². The van der Waals surface area contributed by atoms with Gasteiger partial charge in [-0.1, -0.05) is 11.6 Å². The van der Waals surface area contributed by atoms with Crippen LogP contribution in [-0.4, -0.2) is 11.1 Å². The molecule has 0 aromatic carbocycles. The van der Waals surface area contributed by atoms with Crippen LogP contribution in [0.4, 0.5) is 8.78 Å². The van der Waals surface area contributed by atoms with Gasteiger partial charge < -0.3 is 5.11 Å². The summed E-state index contributed by atoms with van der Waals surface area (Å²) in [7, 11) is 0. The molecule has 96 valence electrons. The highest BCUT2D eigenvalue weighted by molar-refractivity contribution is 9.11. The topological polar surface area (TPSA) is 37.3 Å². The quantitative estimate of drug-likeness (QED) is 0.743. The largest absolute Gasteiger partial charge is 0.481 e. The zero-order valence-electron chi connectivity index (χ0n) is 8.68. The fourth-order valence-electron chi connectivity index (χ4n) is 1.27. The van der Waals surface area contributed by atoms with E-state index in [0.717, 1.165) is 11.3 Å². The SMILES string of the molecule is O=C(O)CCCCC(F)(F)c1cc(Cl)c(Br)s1. The van der Waals surface area contributed by atoms with Crippen molar-refractivity contribution in [3.05, 3.63) is 19.8 Å². The number of thiophene rings is 1. The molecule has 1 heterocycles. The Morgan fingerprint density at radius 1 is 1.53 bits per heavy atom. The Labute approximate surface area is 115 Å². The van der Waals surface area contributed by atoms with Crippen LogP contribution >= 0.6 is 38.9 Å². The van der Waals surface area contributed by atoms with Crippen LogP contribution in [0.2, 0.25) is 5.02 Å². The van der Waals surface area contributed by atoms with Crippen molar-refractivity contribution in [1.29, 1.82) is 0 Å². The maximum absolute atomic E-state index is 13.7. The first-order chi connectivity index (χ1) is 7.83. The second kappa shape index (κ2) is 6.11. The summed E-state index contributed by atoms with van der Waals surface area (Å²) in [4.78, 5) is 10.1. The number of aliphatic carboxylic acids is 1. The molecule has 2 nitrogen and oxygen atoms in total. The molecule has 1 aromatic heterocycles.